The van der Waals surface area contributed by atoms with Crippen LogP contribution >= 0.6 is 23.1 Å². The first-order chi connectivity index (χ1) is 12.0. The van der Waals surface area contributed by atoms with Crippen LogP contribution in [0.25, 0.3) is 0 Å². The second kappa shape index (κ2) is 9.63. The number of amides is 1. The number of carbonyl (C=O) groups is 2. The third-order valence-corrected chi connectivity index (χ3v) is 5.66. The summed E-state index contributed by atoms with van der Waals surface area (Å²) in [5.41, 5.74) is 0.822. The smallest absolute Gasteiger partial charge is 0.305 e. The number of carboxylic acids is 1. The van der Waals surface area contributed by atoms with Crippen LogP contribution in [-0.4, -0.2) is 23.2 Å². The molecule has 0 aliphatic carbocycles. The molecule has 2 N–H and O–H groups in total. The van der Waals surface area contributed by atoms with Gasteiger partial charge in [-0.3, -0.25) is 9.59 Å². The van der Waals surface area contributed by atoms with Gasteiger partial charge in [0.15, 0.2) is 0 Å². The van der Waals surface area contributed by atoms with Crippen molar-refractivity contribution in [1.29, 1.82) is 0 Å². The number of rotatable bonds is 9. The highest BCUT2D eigenvalue weighted by molar-refractivity contribution is 7.98. The number of thiophene rings is 1. The summed E-state index contributed by atoms with van der Waals surface area (Å²) in [4.78, 5) is 27.0. The molecule has 1 aromatic carbocycles. The highest BCUT2D eigenvalue weighted by atomic mass is 32.2. The first-order valence-corrected chi connectivity index (χ1v) is 10.2. The van der Waals surface area contributed by atoms with Crippen molar-refractivity contribution in [2.24, 2.45) is 0 Å². The maximum Gasteiger partial charge on any atom is 0.305 e. The normalized spacial score (nSPS) is 11.9. The van der Waals surface area contributed by atoms with Gasteiger partial charge in [0, 0.05) is 21.1 Å². The number of hydrogen-bond acceptors (Lipinski definition) is 4. The topological polar surface area (TPSA) is 66.4 Å². The average molecular weight is 378 g/mol. The van der Waals surface area contributed by atoms with E-state index in [1.807, 2.05) is 30.5 Å². The Morgan fingerprint density at radius 2 is 1.92 bits per heavy atom. The van der Waals surface area contributed by atoms with Crippen LogP contribution in [0.5, 0.6) is 0 Å². The van der Waals surface area contributed by atoms with Crippen molar-refractivity contribution in [3.8, 4) is 0 Å². The molecule has 134 valence electrons. The molecule has 0 bridgehead atoms. The molecule has 1 amide bonds. The van der Waals surface area contributed by atoms with Gasteiger partial charge in [0.1, 0.15) is 0 Å². The summed E-state index contributed by atoms with van der Waals surface area (Å²) in [6, 6.07) is 11.3. The van der Waals surface area contributed by atoms with Crippen molar-refractivity contribution in [3.63, 3.8) is 0 Å². The van der Waals surface area contributed by atoms with Crippen molar-refractivity contribution in [2.45, 2.75) is 43.5 Å². The summed E-state index contributed by atoms with van der Waals surface area (Å²) in [5, 5.41) is 12.0. The minimum absolute atomic E-state index is 0.103. The van der Waals surface area contributed by atoms with Gasteiger partial charge < -0.3 is 10.4 Å². The van der Waals surface area contributed by atoms with Gasteiger partial charge in [-0.2, -0.15) is 0 Å². The lowest BCUT2D eigenvalue weighted by Crippen LogP contribution is -2.30. The van der Waals surface area contributed by atoms with Crippen LogP contribution in [0, 0.1) is 6.92 Å². The summed E-state index contributed by atoms with van der Waals surface area (Å²) in [5.74, 6) is -1.03. The molecule has 2 rings (SSSR count). The number of carbonyl (C=O) groups excluding carboxylic acids is 1. The Bertz CT molecular complexity index is 710. The van der Waals surface area contributed by atoms with Crippen molar-refractivity contribution >= 4 is 35.0 Å². The largest absolute Gasteiger partial charge is 0.481 e. The molecule has 0 aliphatic rings. The number of aryl methyl sites for hydroxylation is 2. The van der Waals surface area contributed by atoms with Crippen LogP contribution in [0.3, 0.4) is 0 Å². The zero-order chi connectivity index (χ0) is 18.2. The Morgan fingerprint density at radius 3 is 2.48 bits per heavy atom. The molecule has 2 aromatic rings. The molecule has 1 atom stereocenters. The number of carboxylic acid groups (broad SMARTS) is 1. The van der Waals surface area contributed by atoms with Gasteiger partial charge in [-0.25, -0.2) is 0 Å². The highest BCUT2D eigenvalue weighted by Crippen LogP contribution is 2.22. The highest BCUT2D eigenvalue weighted by Gasteiger charge is 2.18. The molecule has 0 radical (unpaired) electrons. The minimum atomic E-state index is -0.923. The van der Waals surface area contributed by atoms with E-state index in [4.69, 9.17) is 5.11 Å². The molecule has 1 unspecified atom stereocenters. The lowest BCUT2D eigenvalue weighted by atomic mass is 10.0. The van der Waals surface area contributed by atoms with Gasteiger partial charge in [-0.05, 0) is 55.9 Å². The third-order valence-electron chi connectivity index (χ3n) is 3.86. The summed E-state index contributed by atoms with van der Waals surface area (Å²) < 4.78 is 0. The van der Waals surface area contributed by atoms with E-state index in [2.05, 4.69) is 24.4 Å². The van der Waals surface area contributed by atoms with E-state index in [1.165, 1.54) is 9.75 Å². The molecule has 0 fully saturated rings. The molecule has 1 heterocycles. The predicted octanol–water partition coefficient (Wildman–Crippen LogP) is 4.43. The van der Waals surface area contributed by atoms with Crippen molar-refractivity contribution < 1.29 is 14.7 Å². The standard InChI is InChI=1S/C19H23NO3S2/c1-13-6-9-16(25-13)4-3-5-18(21)20-17(12-19(22)23)14-7-10-15(24-2)11-8-14/h6-11,17H,3-5,12H2,1-2H3,(H,20,21)(H,22,23). The van der Waals surface area contributed by atoms with E-state index in [0.717, 1.165) is 23.3 Å². The third kappa shape index (κ3) is 6.55. The number of aliphatic carboxylic acids is 1. The molecule has 0 saturated carbocycles. The molecular formula is C19H23NO3S2. The molecule has 4 nitrogen and oxygen atoms in total. The number of benzene rings is 1. The van der Waals surface area contributed by atoms with Crippen LogP contribution in [0.2, 0.25) is 0 Å². The lowest BCUT2D eigenvalue weighted by molar-refractivity contribution is -0.137. The van der Waals surface area contributed by atoms with E-state index in [0.29, 0.717) is 6.42 Å². The molecule has 25 heavy (non-hydrogen) atoms. The second-order valence-corrected chi connectivity index (χ2v) is 8.11. The lowest BCUT2D eigenvalue weighted by Gasteiger charge is -2.18. The fraction of sp³-hybridized carbons (Fsp3) is 0.368. The molecule has 0 saturated heterocycles. The fourth-order valence-corrected chi connectivity index (χ4v) is 3.91. The fourth-order valence-electron chi connectivity index (χ4n) is 2.57. The van der Waals surface area contributed by atoms with E-state index < -0.39 is 12.0 Å². The number of hydrogen-bond donors (Lipinski definition) is 2. The van der Waals surface area contributed by atoms with Crippen LogP contribution < -0.4 is 5.32 Å². The van der Waals surface area contributed by atoms with E-state index >= 15 is 0 Å². The summed E-state index contributed by atoms with van der Waals surface area (Å²) in [7, 11) is 0. The minimum Gasteiger partial charge on any atom is -0.481 e. The van der Waals surface area contributed by atoms with Crippen LogP contribution in [0.4, 0.5) is 0 Å². The van der Waals surface area contributed by atoms with Gasteiger partial charge in [0.05, 0.1) is 12.5 Å². The molecule has 0 aliphatic heterocycles. The zero-order valence-corrected chi connectivity index (χ0v) is 16.1. The van der Waals surface area contributed by atoms with E-state index in [1.54, 1.807) is 23.1 Å². The van der Waals surface area contributed by atoms with Crippen LogP contribution in [0.15, 0.2) is 41.3 Å². The van der Waals surface area contributed by atoms with Crippen molar-refractivity contribution in [3.05, 3.63) is 51.7 Å². The SMILES string of the molecule is CSc1ccc(C(CC(=O)O)NC(=O)CCCc2ccc(C)s2)cc1. The monoisotopic (exact) mass is 377 g/mol. The summed E-state index contributed by atoms with van der Waals surface area (Å²) in [6.07, 6.45) is 3.90. The number of thioether (sulfide) groups is 1. The van der Waals surface area contributed by atoms with E-state index in [-0.39, 0.29) is 12.3 Å². The first kappa shape index (κ1) is 19.5. The molecule has 6 heteroatoms. The molecule has 1 aromatic heterocycles. The summed E-state index contributed by atoms with van der Waals surface area (Å²) >= 11 is 3.38. The Labute approximate surface area is 156 Å². The molecular weight excluding hydrogens is 354 g/mol. The van der Waals surface area contributed by atoms with Crippen LogP contribution in [0.1, 0.15) is 40.6 Å². The Morgan fingerprint density at radius 1 is 1.20 bits per heavy atom. The van der Waals surface area contributed by atoms with Gasteiger partial charge >= 0.3 is 5.97 Å². The average Bonchev–Trinajstić information content (AvgIpc) is 2.99. The van der Waals surface area contributed by atoms with Gasteiger partial charge in [0.25, 0.3) is 0 Å². The maximum absolute atomic E-state index is 12.2. The van der Waals surface area contributed by atoms with Crippen molar-refractivity contribution in [2.75, 3.05) is 6.26 Å². The number of nitrogens with one attached hydrogen (secondary N) is 1. The van der Waals surface area contributed by atoms with E-state index in [9.17, 15) is 9.59 Å². The Balaban J connectivity index is 1.90. The second-order valence-electron chi connectivity index (χ2n) is 5.86. The maximum atomic E-state index is 12.2. The summed E-state index contributed by atoms with van der Waals surface area (Å²) in [6.45, 7) is 2.07. The van der Waals surface area contributed by atoms with Crippen LogP contribution in [-0.2, 0) is 16.0 Å². The predicted molar refractivity (Wildman–Crippen MR) is 103 cm³/mol. The van der Waals surface area contributed by atoms with Gasteiger partial charge in [-0.15, -0.1) is 23.1 Å². The van der Waals surface area contributed by atoms with Gasteiger partial charge in [0.2, 0.25) is 5.91 Å². The Kier molecular flexibility index (Phi) is 7.52. The Hall–Kier alpha value is -1.79. The first-order valence-electron chi connectivity index (χ1n) is 8.18. The van der Waals surface area contributed by atoms with Gasteiger partial charge in [-0.1, -0.05) is 12.1 Å². The zero-order valence-electron chi connectivity index (χ0n) is 14.5. The van der Waals surface area contributed by atoms with Crippen molar-refractivity contribution in [1.82, 2.24) is 5.32 Å². The quantitative estimate of drug-likeness (QED) is 0.634. The molecule has 0 spiro atoms.